The van der Waals surface area contributed by atoms with Gasteiger partial charge < -0.3 is 15.0 Å². The predicted molar refractivity (Wildman–Crippen MR) is 65.0 cm³/mol. The summed E-state index contributed by atoms with van der Waals surface area (Å²) >= 11 is 0. The lowest BCUT2D eigenvalue weighted by molar-refractivity contribution is 0.187. The molecule has 0 radical (unpaired) electrons. The van der Waals surface area contributed by atoms with Crippen molar-refractivity contribution in [1.29, 1.82) is 0 Å². The molecule has 0 amide bonds. The second kappa shape index (κ2) is 5.26. The highest BCUT2D eigenvalue weighted by Gasteiger charge is 2.31. The Morgan fingerprint density at radius 2 is 1.95 bits per heavy atom. The van der Waals surface area contributed by atoms with Crippen LogP contribution >= 0.6 is 0 Å². The van der Waals surface area contributed by atoms with E-state index in [1.807, 2.05) is 0 Å². The number of rotatable bonds is 3. The molecule has 1 saturated heterocycles. The van der Waals surface area contributed by atoms with Crippen molar-refractivity contribution < 1.29 is 18.0 Å². The van der Waals surface area contributed by atoms with Gasteiger partial charge in [-0.2, -0.15) is 4.98 Å². The fourth-order valence-corrected chi connectivity index (χ4v) is 2.21. The normalized spacial score (nSPS) is 22.4. The van der Waals surface area contributed by atoms with Crippen LogP contribution in [0.25, 0.3) is 0 Å². The molecule has 1 aliphatic rings. The topological polar surface area (TPSA) is 74.2 Å². The molecular weight excluding hydrogens is 268 g/mol. The van der Waals surface area contributed by atoms with Crippen molar-refractivity contribution in [2.45, 2.75) is 18.4 Å². The van der Waals surface area contributed by atoms with Crippen LogP contribution in [0.3, 0.4) is 0 Å². The molecule has 2 heterocycles. The summed E-state index contributed by atoms with van der Waals surface area (Å²) in [6.07, 6.45) is 0.195. The molecular formula is C13H13F2N3O2. The Kier molecular flexibility index (Phi) is 3.45. The molecule has 1 fully saturated rings. The number of aromatic nitrogens is 2. The van der Waals surface area contributed by atoms with E-state index in [1.165, 1.54) is 12.1 Å². The van der Waals surface area contributed by atoms with E-state index in [0.29, 0.717) is 30.5 Å². The molecule has 2 aromatic rings. The highest BCUT2D eigenvalue weighted by Crippen LogP contribution is 2.23. The first-order valence-corrected chi connectivity index (χ1v) is 6.22. The van der Waals surface area contributed by atoms with Gasteiger partial charge in [0, 0.05) is 18.5 Å². The molecule has 1 aromatic carbocycles. The molecule has 106 valence electrons. The Labute approximate surface area is 113 Å². The van der Waals surface area contributed by atoms with E-state index in [-0.39, 0.29) is 18.4 Å². The smallest absolute Gasteiger partial charge is 0.233 e. The summed E-state index contributed by atoms with van der Waals surface area (Å²) in [4.78, 5) is 4.21. The molecule has 5 nitrogen and oxygen atoms in total. The lowest BCUT2D eigenvalue weighted by Crippen LogP contribution is -2.27. The van der Waals surface area contributed by atoms with Crippen LogP contribution in [0.4, 0.5) is 8.78 Å². The van der Waals surface area contributed by atoms with Crippen molar-refractivity contribution in [3.63, 3.8) is 0 Å². The van der Waals surface area contributed by atoms with Crippen molar-refractivity contribution in [2.75, 3.05) is 13.2 Å². The van der Waals surface area contributed by atoms with Crippen molar-refractivity contribution in [2.24, 2.45) is 5.73 Å². The van der Waals surface area contributed by atoms with E-state index in [1.54, 1.807) is 0 Å². The van der Waals surface area contributed by atoms with Gasteiger partial charge in [0.25, 0.3) is 0 Å². The summed E-state index contributed by atoms with van der Waals surface area (Å²) in [6.45, 7) is 0.898. The van der Waals surface area contributed by atoms with Crippen LogP contribution in [0.1, 0.15) is 23.2 Å². The molecule has 0 saturated carbocycles. The maximum Gasteiger partial charge on any atom is 0.233 e. The molecule has 0 spiro atoms. The molecule has 2 atom stereocenters. The maximum absolute atomic E-state index is 13.1. The second-order valence-electron chi connectivity index (χ2n) is 4.81. The van der Waals surface area contributed by atoms with Gasteiger partial charge in [-0.25, -0.2) is 8.78 Å². The van der Waals surface area contributed by atoms with E-state index in [0.717, 1.165) is 6.07 Å². The summed E-state index contributed by atoms with van der Waals surface area (Å²) in [5.41, 5.74) is 6.31. The first kappa shape index (κ1) is 13.1. The van der Waals surface area contributed by atoms with Crippen LogP contribution in [-0.2, 0) is 11.2 Å². The molecule has 3 rings (SSSR count). The molecule has 7 heteroatoms. The Morgan fingerprint density at radius 3 is 2.60 bits per heavy atom. The van der Waals surface area contributed by atoms with Gasteiger partial charge in [0.1, 0.15) is 11.6 Å². The van der Waals surface area contributed by atoms with Crippen molar-refractivity contribution >= 4 is 0 Å². The molecule has 2 N–H and O–H groups in total. The number of ether oxygens (including phenoxy) is 1. The molecule has 1 aliphatic heterocycles. The van der Waals surface area contributed by atoms with Crippen LogP contribution in [0.5, 0.6) is 0 Å². The third-order valence-electron chi connectivity index (χ3n) is 3.21. The third-order valence-corrected chi connectivity index (χ3v) is 3.21. The summed E-state index contributed by atoms with van der Waals surface area (Å²) in [7, 11) is 0. The second-order valence-corrected chi connectivity index (χ2v) is 4.81. The van der Waals surface area contributed by atoms with Gasteiger partial charge in [-0.05, 0) is 17.7 Å². The number of nitrogens with zero attached hydrogens (tertiary/aromatic N) is 2. The monoisotopic (exact) mass is 281 g/mol. The van der Waals surface area contributed by atoms with Crippen molar-refractivity contribution in [3.8, 4) is 0 Å². The molecule has 2 unspecified atom stereocenters. The van der Waals surface area contributed by atoms with Crippen LogP contribution < -0.4 is 5.73 Å². The molecule has 0 aliphatic carbocycles. The SMILES string of the molecule is NC1COCC1c1nc(Cc2cc(F)cc(F)c2)no1. The fourth-order valence-electron chi connectivity index (χ4n) is 2.21. The lowest BCUT2D eigenvalue weighted by Gasteiger charge is -2.06. The largest absolute Gasteiger partial charge is 0.379 e. The lowest BCUT2D eigenvalue weighted by atomic mass is 10.1. The average molecular weight is 281 g/mol. The van der Waals surface area contributed by atoms with Crippen molar-refractivity contribution in [3.05, 3.63) is 47.1 Å². The quantitative estimate of drug-likeness (QED) is 0.920. The van der Waals surface area contributed by atoms with E-state index in [9.17, 15) is 8.78 Å². The highest BCUT2D eigenvalue weighted by atomic mass is 19.1. The van der Waals surface area contributed by atoms with Gasteiger partial charge in [-0.3, -0.25) is 0 Å². The highest BCUT2D eigenvalue weighted by molar-refractivity contribution is 5.21. The zero-order chi connectivity index (χ0) is 14.1. The van der Waals surface area contributed by atoms with Gasteiger partial charge in [0.2, 0.25) is 5.89 Å². The Balaban J connectivity index is 1.77. The summed E-state index contributed by atoms with van der Waals surface area (Å²) in [5, 5.41) is 3.81. The standard InChI is InChI=1S/C13H13F2N3O2/c14-8-1-7(2-9(15)4-8)3-12-17-13(20-18-12)10-5-19-6-11(10)16/h1-2,4,10-11H,3,5-6,16H2. The molecule has 0 bridgehead atoms. The number of benzene rings is 1. The third kappa shape index (κ3) is 2.68. The predicted octanol–water partition coefficient (Wildman–Crippen LogP) is 1.38. The average Bonchev–Trinajstić information content (AvgIpc) is 2.96. The minimum atomic E-state index is -0.630. The van der Waals surface area contributed by atoms with Gasteiger partial charge in [-0.15, -0.1) is 0 Å². The number of halogens is 2. The van der Waals surface area contributed by atoms with Crippen LogP contribution in [0, 0.1) is 11.6 Å². The van der Waals surface area contributed by atoms with E-state index >= 15 is 0 Å². The number of nitrogens with two attached hydrogens (primary N) is 1. The number of hydrogen-bond donors (Lipinski definition) is 1. The van der Waals surface area contributed by atoms with E-state index in [4.69, 9.17) is 15.0 Å². The van der Waals surface area contributed by atoms with Gasteiger partial charge in [-0.1, -0.05) is 5.16 Å². The van der Waals surface area contributed by atoms with Gasteiger partial charge in [0.15, 0.2) is 5.82 Å². The fraction of sp³-hybridized carbons (Fsp3) is 0.385. The maximum atomic E-state index is 13.1. The zero-order valence-electron chi connectivity index (χ0n) is 10.6. The number of hydrogen-bond acceptors (Lipinski definition) is 5. The van der Waals surface area contributed by atoms with Crippen LogP contribution in [0.2, 0.25) is 0 Å². The minimum absolute atomic E-state index is 0.125. The van der Waals surface area contributed by atoms with Crippen molar-refractivity contribution in [1.82, 2.24) is 10.1 Å². The van der Waals surface area contributed by atoms with Gasteiger partial charge >= 0.3 is 0 Å². The molecule has 20 heavy (non-hydrogen) atoms. The van der Waals surface area contributed by atoms with Crippen LogP contribution in [0.15, 0.2) is 22.7 Å². The van der Waals surface area contributed by atoms with E-state index < -0.39 is 11.6 Å². The Hall–Kier alpha value is -1.86. The summed E-state index contributed by atoms with van der Waals surface area (Å²) in [5.74, 6) is -0.615. The first-order valence-electron chi connectivity index (χ1n) is 6.22. The first-order chi connectivity index (χ1) is 9.61. The zero-order valence-corrected chi connectivity index (χ0v) is 10.6. The summed E-state index contributed by atoms with van der Waals surface area (Å²) < 4.78 is 36.6. The minimum Gasteiger partial charge on any atom is -0.379 e. The Morgan fingerprint density at radius 1 is 1.20 bits per heavy atom. The Bertz CT molecular complexity index is 597. The van der Waals surface area contributed by atoms with E-state index in [2.05, 4.69) is 10.1 Å². The van der Waals surface area contributed by atoms with Crippen LogP contribution in [-0.4, -0.2) is 29.4 Å². The van der Waals surface area contributed by atoms with Gasteiger partial charge in [0.05, 0.1) is 19.1 Å². The summed E-state index contributed by atoms with van der Waals surface area (Å²) in [6, 6.07) is 3.13. The molecule has 1 aromatic heterocycles.